The van der Waals surface area contributed by atoms with Gasteiger partial charge in [0.2, 0.25) is 0 Å². The van der Waals surface area contributed by atoms with Gasteiger partial charge in [-0.25, -0.2) is 0 Å². The fourth-order valence-electron chi connectivity index (χ4n) is 6.85. The Morgan fingerprint density at radius 3 is 1.83 bits per heavy atom. The molecule has 0 fully saturated rings. The second kappa shape index (κ2) is 8.64. The molecule has 0 saturated heterocycles. The molecule has 1 aromatic heterocycles. The van der Waals surface area contributed by atoms with Gasteiger partial charge in [0, 0.05) is 27.4 Å². The van der Waals surface area contributed by atoms with Gasteiger partial charge in [0.1, 0.15) is 34.6 Å². The molecule has 3 heterocycles. The monoisotopic (exact) mass is 536 g/mol. The Kier molecular flexibility index (Phi) is 4.73. The van der Waals surface area contributed by atoms with Crippen LogP contribution >= 0.6 is 0 Å². The summed E-state index contributed by atoms with van der Waals surface area (Å²) in [6.07, 6.45) is 0. The Hall–Kier alpha value is -5.73. The maximum atomic E-state index is 10.7. The summed E-state index contributed by atoms with van der Waals surface area (Å²) in [6.45, 7) is -0.0846. The molecule has 0 bridgehead atoms. The van der Waals surface area contributed by atoms with Crippen LogP contribution in [0.15, 0.2) is 127 Å². The Labute approximate surface area is 242 Å². The van der Waals surface area contributed by atoms with Gasteiger partial charge in [-0.1, -0.05) is 91.0 Å². The Morgan fingerprint density at radius 2 is 1.14 bits per heavy atom. The number of ether oxygens (including phenoxy) is 2. The van der Waals surface area contributed by atoms with Crippen LogP contribution in [-0.2, 0) is 0 Å². The first-order valence-corrected chi connectivity index (χ1v) is 14.0. The molecule has 5 heteroatoms. The SMILES string of the molecule is N#Cc1c(-c2ccccc2-n2c3ccccc3c3ccccc32)cc2c3c1Oc1ccccc1B3c1ccccc1O2. The van der Waals surface area contributed by atoms with Crippen LogP contribution in [0.5, 0.6) is 23.0 Å². The van der Waals surface area contributed by atoms with Crippen molar-refractivity contribution in [2.45, 2.75) is 0 Å². The molecule has 0 N–H and O–H groups in total. The van der Waals surface area contributed by atoms with Crippen molar-refractivity contribution in [2.24, 2.45) is 0 Å². The summed E-state index contributed by atoms with van der Waals surface area (Å²) in [5.41, 5.74) is 8.48. The van der Waals surface area contributed by atoms with Gasteiger partial charge in [-0.2, -0.15) is 5.26 Å². The van der Waals surface area contributed by atoms with Crippen LogP contribution in [0.1, 0.15) is 5.56 Å². The minimum atomic E-state index is -0.0846. The second-order valence-corrected chi connectivity index (χ2v) is 10.8. The van der Waals surface area contributed by atoms with Gasteiger partial charge >= 0.3 is 0 Å². The van der Waals surface area contributed by atoms with E-state index in [-0.39, 0.29) is 6.71 Å². The summed E-state index contributed by atoms with van der Waals surface area (Å²) in [5, 5.41) is 13.1. The Morgan fingerprint density at radius 1 is 0.571 bits per heavy atom. The molecule has 9 rings (SSSR count). The van der Waals surface area contributed by atoms with E-state index in [1.165, 1.54) is 10.8 Å². The Bertz CT molecular complexity index is 2230. The summed E-state index contributed by atoms with van der Waals surface area (Å²) in [4.78, 5) is 0. The quantitative estimate of drug-likeness (QED) is 0.223. The number of hydrogen-bond acceptors (Lipinski definition) is 3. The summed E-state index contributed by atoms with van der Waals surface area (Å²) in [5.74, 6) is 2.88. The van der Waals surface area contributed by atoms with E-state index in [1.807, 2.05) is 54.6 Å². The number of para-hydroxylation sites is 5. The zero-order valence-electron chi connectivity index (χ0n) is 22.4. The van der Waals surface area contributed by atoms with Gasteiger partial charge in [-0.3, -0.25) is 0 Å². The van der Waals surface area contributed by atoms with Crippen molar-refractivity contribution in [2.75, 3.05) is 0 Å². The van der Waals surface area contributed by atoms with E-state index in [0.29, 0.717) is 17.1 Å². The molecule has 0 aliphatic carbocycles. The molecule has 0 atom stereocenters. The summed E-state index contributed by atoms with van der Waals surface area (Å²) in [6, 6.07) is 46.0. The number of nitriles is 1. The fourth-order valence-corrected chi connectivity index (χ4v) is 6.85. The fraction of sp³-hybridized carbons (Fsp3) is 0. The van der Waals surface area contributed by atoms with E-state index in [1.54, 1.807) is 0 Å². The lowest BCUT2D eigenvalue weighted by atomic mass is 9.34. The third kappa shape index (κ3) is 3.06. The van der Waals surface area contributed by atoms with E-state index in [2.05, 4.69) is 83.4 Å². The van der Waals surface area contributed by atoms with Crippen LogP contribution in [0.25, 0.3) is 38.6 Å². The molecule has 194 valence electrons. The van der Waals surface area contributed by atoms with Crippen LogP contribution in [0.3, 0.4) is 0 Å². The highest BCUT2D eigenvalue weighted by atomic mass is 16.5. The van der Waals surface area contributed by atoms with Crippen molar-refractivity contribution in [3.05, 3.63) is 133 Å². The lowest BCUT2D eigenvalue weighted by Crippen LogP contribution is -2.57. The minimum absolute atomic E-state index is 0.0846. The molecule has 0 spiro atoms. The summed E-state index contributed by atoms with van der Waals surface area (Å²) >= 11 is 0. The predicted octanol–water partition coefficient (Wildman–Crippen LogP) is 7.05. The van der Waals surface area contributed by atoms with Gasteiger partial charge in [-0.15, -0.1) is 0 Å². The average Bonchev–Trinajstić information content (AvgIpc) is 3.38. The molecule has 0 amide bonds. The summed E-state index contributed by atoms with van der Waals surface area (Å²) < 4.78 is 15.5. The topological polar surface area (TPSA) is 47.2 Å². The highest BCUT2D eigenvalue weighted by molar-refractivity contribution is 6.98. The van der Waals surface area contributed by atoms with Crippen LogP contribution in [-0.4, -0.2) is 11.3 Å². The molecular weight excluding hydrogens is 515 g/mol. The summed E-state index contributed by atoms with van der Waals surface area (Å²) in [7, 11) is 0. The maximum Gasteiger partial charge on any atom is 0.260 e. The average molecular weight is 536 g/mol. The number of nitrogens with zero attached hydrogens (tertiary/aromatic N) is 2. The normalized spacial score (nSPS) is 12.6. The van der Waals surface area contributed by atoms with Gasteiger partial charge in [-0.05, 0) is 47.3 Å². The predicted molar refractivity (Wildman–Crippen MR) is 169 cm³/mol. The first-order valence-electron chi connectivity index (χ1n) is 14.0. The van der Waals surface area contributed by atoms with Crippen molar-refractivity contribution in [1.29, 1.82) is 5.26 Å². The number of rotatable bonds is 2. The van der Waals surface area contributed by atoms with Gasteiger partial charge < -0.3 is 14.0 Å². The van der Waals surface area contributed by atoms with Crippen molar-refractivity contribution in [3.8, 4) is 45.9 Å². The van der Waals surface area contributed by atoms with Gasteiger partial charge in [0.25, 0.3) is 6.71 Å². The van der Waals surface area contributed by atoms with Crippen molar-refractivity contribution in [1.82, 2.24) is 4.57 Å². The van der Waals surface area contributed by atoms with Crippen molar-refractivity contribution >= 4 is 44.9 Å². The van der Waals surface area contributed by atoms with Gasteiger partial charge in [0.05, 0.1) is 16.7 Å². The second-order valence-electron chi connectivity index (χ2n) is 10.8. The minimum Gasteiger partial charge on any atom is -0.458 e. The molecule has 0 saturated carbocycles. The smallest absolute Gasteiger partial charge is 0.260 e. The van der Waals surface area contributed by atoms with Crippen LogP contribution in [0.2, 0.25) is 0 Å². The van der Waals surface area contributed by atoms with E-state index < -0.39 is 0 Å². The lowest BCUT2D eigenvalue weighted by molar-refractivity contribution is 0.464. The van der Waals surface area contributed by atoms with E-state index in [0.717, 1.165) is 55.7 Å². The standard InChI is InChI=1S/C37H21BN2O2/c39-22-27-26(25-13-3-8-18-32(25)40-30-16-6-1-11-23(30)24-12-2-7-17-31(24)40)21-35-36-37(27)42-34-20-10-5-15-29(34)38(36)28-14-4-9-19-33(28)41-35/h1-21H. The number of benzene rings is 6. The largest absolute Gasteiger partial charge is 0.458 e. The molecule has 0 radical (unpaired) electrons. The van der Waals surface area contributed by atoms with Crippen LogP contribution in [0, 0.1) is 11.3 Å². The number of hydrogen-bond donors (Lipinski definition) is 0. The molecule has 2 aliphatic heterocycles. The molecule has 4 nitrogen and oxygen atoms in total. The van der Waals surface area contributed by atoms with Crippen LogP contribution < -0.4 is 25.9 Å². The third-order valence-corrected chi connectivity index (χ3v) is 8.59. The molecular formula is C37H21BN2O2. The lowest BCUT2D eigenvalue weighted by Gasteiger charge is -2.34. The molecule has 2 aliphatic rings. The number of fused-ring (bicyclic) bond motifs is 7. The molecule has 7 aromatic rings. The zero-order valence-corrected chi connectivity index (χ0v) is 22.4. The maximum absolute atomic E-state index is 10.7. The first-order chi connectivity index (χ1) is 20.8. The number of aromatic nitrogens is 1. The highest BCUT2D eigenvalue weighted by Gasteiger charge is 2.42. The van der Waals surface area contributed by atoms with E-state index in [4.69, 9.17) is 9.47 Å². The van der Waals surface area contributed by atoms with Gasteiger partial charge in [0.15, 0.2) is 0 Å². The highest BCUT2D eigenvalue weighted by Crippen LogP contribution is 2.44. The van der Waals surface area contributed by atoms with Crippen molar-refractivity contribution in [3.63, 3.8) is 0 Å². The van der Waals surface area contributed by atoms with Crippen LogP contribution in [0.4, 0.5) is 0 Å². The van der Waals surface area contributed by atoms with E-state index >= 15 is 0 Å². The molecule has 42 heavy (non-hydrogen) atoms. The third-order valence-electron chi connectivity index (χ3n) is 8.59. The van der Waals surface area contributed by atoms with E-state index in [9.17, 15) is 5.26 Å². The van der Waals surface area contributed by atoms with Crippen molar-refractivity contribution < 1.29 is 9.47 Å². The first kappa shape index (κ1) is 23.0. The molecule has 0 unspecified atom stereocenters. The Balaban J connectivity index is 1.36. The molecule has 6 aromatic carbocycles. The zero-order chi connectivity index (χ0) is 27.8.